The standard InChI is InChI=1S/C25H23FN4O6S/c1-12(23-29-24(36-30-23)15-9-19(31)27-10-15)16-4-3-5-17-20(22(25(32)33)28-21(16)17)13-6-7-14(18(26)8-13)11-37(2,34)35/h3-8,12,15,28H,9-11H2,1-2H3,(H,27,31)(H,32,33). The molecule has 2 unspecified atom stereocenters. The van der Waals surface area contributed by atoms with E-state index in [4.69, 9.17) is 4.52 Å². The number of hydrogen-bond donors (Lipinski definition) is 3. The number of hydrogen-bond acceptors (Lipinski definition) is 7. The number of nitrogens with one attached hydrogen (secondary N) is 2. The van der Waals surface area contributed by atoms with Crippen LogP contribution in [0, 0.1) is 5.82 Å². The summed E-state index contributed by atoms with van der Waals surface area (Å²) >= 11 is 0. The number of nitrogens with zero attached hydrogens (tertiary/aromatic N) is 2. The Bertz CT molecular complexity index is 1660. The summed E-state index contributed by atoms with van der Waals surface area (Å²) in [5.74, 6) is -2.37. The number of para-hydroxylation sites is 1. The number of amides is 1. The number of aromatic nitrogens is 3. The normalized spacial score (nSPS) is 16.7. The van der Waals surface area contributed by atoms with Gasteiger partial charge in [-0.05, 0) is 17.2 Å². The lowest BCUT2D eigenvalue weighted by atomic mass is 9.95. The topological polar surface area (TPSA) is 155 Å². The number of rotatable bonds is 7. The Labute approximate surface area is 210 Å². The molecule has 4 aromatic rings. The van der Waals surface area contributed by atoms with Crippen molar-refractivity contribution in [3.63, 3.8) is 0 Å². The fraction of sp³-hybridized carbons (Fsp3) is 0.280. The second-order valence-corrected chi connectivity index (χ2v) is 11.4. The van der Waals surface area contributed by atoms with E-state index in [2.05, 4.69) is 20.4 Å². The number of aromatic amines is 1. The lowest BCUT2D eigenvalue weighted by molar-refractivity contribution is -0.119. The summed E-state index contributed by atoms with van der Waals surface area (Å²) in [5, 5.41) is 17.3. The third kappa shape index (κ3) is 4.71. The molecule has 1 aliphatic heterocycles. The average molecular weight is 527 g/mol. The summed E-state index contributed by atoms with van der Waals surface area (Å²) in [6.07, 6.45) is 1.29. The molecule has 1 amide bonds. The molecule has 192 valence electrons. The highest BCUT2D eigenvalue weighted by atomic mass is 32.2. The van der Waals surface area contributed by atoms with Crippen LogP contribution in [-0.4, -0.2) is 53.3 Å². The van der Waals surface area contributed by atoms with E-state index in [9.17, 15) is 27.5 Å². The van der Waals surface area contributed by atoms with E-state index in [0.29, 0.717) is 40.3 Å². The van der Waals surface area contributed by atoms with Gasteiger partial charge in [-0.2, -0.15) is 4.98 Å². The van der Waals surface area contributed by atoms with Crippen molar-refractivity contribution in [1.29, 1.82) is 0 Å². The maximum absolute atomic E-state index is 14.8. The minimum Gasteiger partial charge on any atom is -0.477 e. The van der Waals surface area contributed by atoms with Crippen LogP contribution in [-0.2, 0) is 20.4 Å². The number of sulfone groups is 1. The van der Waals surface area contributed by atoms with E-state index in [1.54, 1.807) is 12.1 Å². The molecule has 5 rings (SSSR count). The highest BCUT2D eigenvalue weighted by molar-refractivity contribution is 7.89. The van der Waals surface area contributed by atoms with Gasteiger partial charge in [0.15, 0.2) is 15.7 Å². The zero-order chi connectivity index (χ0) is 26.5. The molecule has 37 heavy (non-hydrogen) atoms. The van der Waals surface area contributed by atoms with Gasteiger partial charge in [0.05, 0.1) is 17.2 Å². The highest BCUT2D eigenvalue weighted by Gasteiger charge is 2.30. The molecule has 0 bridgehead atoms. The average Bonchev–Trinajstić information content (AvgIpc) is 3.56. The van der Waals surface area contributed by atoms with E-state index in [0.717, 1.165) is 12.3 Å². The van der Waals surface area contributed by atoms with E-state index in [1.807, 2.05) is 13.0 Å². The van der Waals surface area contributed by atoms with Crippen molar-refractivity contribution in [2.24, 2.45) is 0 Å². The predicted octanol–water partition coefficient (Wildman–Crippen LogP) is 3.36. The van der Waals surface area contributed by atoms with Crippen LogP contribution in [0.3, 0.4) is 0 Å². The zero-order valence-corrected chi connectivity index (χ0v) is 20.7. The number of H-pyrrole nitrogens is 1. The first-order chi connectivity index (χ1) is 17.5. The molecule has 2 aromatic carbocycles. The number of carboxylic acid groups (broad SMARTS) is 1. The Morgan fingerprint density at radius 3 is 2.73 bits per heavy atom. The summed E-state index contributed by atoms with van der Waals surface area (Å²) in [4.78, 5) is 31.1. The molecule has 1 aliphatic rings. The first-order valence-corrected chi connectivity index (χ1v) is 13.5. The Hall–Kier alpha value is -4.06. The van der Waals surface area contributed by atoms with Gasteiger partial charge in [0.25, 0.3) is 0 Å². The number of fused-ring (bicyclic) bond motifs is 1. The van der Waals surface area contributed by atoms with Crippen molar-refractivity contribution in [2.45, 2.75) is 30.9 Å². The number of carbonyl (C=O) groups excluding carboxylic acids is 1. The molecule has 2 atom stereocenters. The van der Waals surface area contributed by atoms with Crippen LogP contribution in [0.4, 0.5) is 4.39 Å². The molecule has 1 saturated heterocycles. The molecular formula is C25H23FN4O6S. The fourth-order valence-electron chi connectivity index (χ4n) is 4.67. The van der Waals surface area contributed by atoms with Crippen LogP contribution in [0.1, 0.15) is 58.5 Å². The second kappa shape index (κ2) is 9.11. The van der Waals surface area contributed by atoms with Gasteiger partial charge in [-0.15, -0.1) is 0 Å². The van der Waals surface area contributed by atoms with Gasteiger partial charge in [0.2, 0.25) is 11.8 Å². The first-order valence-electron chi connectivity index (χ1n) is 11.5. The number of carboxylic acids is 1. The molecule has 0 spiro atoms. The minimum absolute atomic E-state index is 0.00403. The lowest BCUT2D eigenvalue weighted by Crippen LogP contribution is -2.13. The number of aromatic carboxylic acids is 1. The van der Waals surface area contributed by atoms with E-state index < -0.39 is 33.3 Å². The summed E-state index contributed by atoms with van der Waals surface area (Å²) in [6.45, 7) is 2.27. The molecule has 3 N–H and O–H groups in total. The number of benzene rings is 2. The lowest BCUT2D eigenvalue weighted by Gasteiger charge is -2.10. The smallest absolute Gasteiger partial charge is 0.352 e. The highest BCUT2D eigenvalue weighted by Crippen LogP contribution is 2.38. The third-order valence-electron chi connectivity index (χ3n) is 6.48. The van der Waals surface area contributed by atoms with E-state index in [-0.39, 0.29) is 35.1 Å². The largest absolute Gasteiger partial charge is 0.477 e. The van der Waals surface area contributed by atoms with Crippen molar-refractivity contribution >= 4 is 32.6 Å². The molecule has 2 aromatic heterocycles. The van der Waals surface area contributed by atoms with Gasteiger partial charge < -0.3 is 19.9 Å². The van der Waals surface area contributed by atoms with E-state index in [1.165, 1.54) is 12.1 Å². The molecule has 0 aliphatic carbocycles. The molecular weight excluding hydrogens is 503 g/mol. The number of halogens is 1. The summed E-state index contributed by atoms with van der Waals surface area (Å²) in [6, 6.07) is 9.30. The Morgan fingerprint density at radius 1 is 1.30 bits per heavy atom. The molecule has 10 nitrogen and oxygen atoms in total. The first kappa shape index (κ1) is 24.6. The van der Waals surface area contributed by atoms with Crippen LogP contribution in [0.15, 0.2) is 40.9 Å². The quantitative estimate of drug-likeness (QED) is 0.331. The van der Waals surface area contributed by atoms with Crippen LogP contribution in [0.25, 0.3) is 22.0 Å². The molecule has 3 heterocycles. The molecule has 0 radical (unpaired) electrons. The van der Waals surface area contributed by atoms with Crippen LogP contribution < -0.4 is 5.32 Å². The van der Waals surface area contributed by atoms with Crippen molar-refractivity contribution in [2.75, 3.05) is 12.8 Å². The van der Waals surface area contributed by atoms with Crippen molar-refractivity contribution in [1.82, 2.24) is 20.4 Å². The van der Waals surface area contributed by atoms with Gasteiger partial charge in [-0.3, -0.25) is 4.79 Å². The molecule has 1 fully saturated rings. The number of carbonyl (C=O) groups is 2. The van der Waals surface area contributed by atoms with E-state index >= 15 is 0 Å². The van der Waals surface area contributed by atoms with Gasteiger partial charge >= 0.3 is 5.97 Å². The summed E-state index contributed by atoms with van der Waals surface area (Å²) in [5.41, 5.74) is 1.67. The zero-order valence-electron chi connectivity index (χ0n) is 19.9. The van der Waals surface area contributed by atoms with Crippen molar-refractivity contribution < 1.29 is 32.0 Å². The monoisotopic (exact) mass is 526 g/mol. The molecule has 0 saturated carbocycles. The Balaban J connectivity index is 1.57. The van der Waals surface area contributed by atoms with Gasteiger partial charge in [-0.1, -0.05) is 42.4 Å². The van der Waals surface area contributed by atoms with Crippen LogP contribution in [0.2, 0.25) is 0 Å². The van der Waals surface area contributed by atoms with Gasteiger partial charge in [-0.25, -0.2) is 17.6 Å². The van der Waals surface area contributed by atoms with Gasteiger partial charge in [0, 0.05) is 41.7 Å². The van der Waals surface area contributed by atoms with Crippen LogP contribution in [0.5, 0.6) is 0 Å². The summed E-state index contributed by atoms with van der Waals surface area (Å²) < 4.78 is 43.4. The van der Waals surface area contributed by atoms with Crippen LogP contribution >= 0.6 is 0 Å². The Morgan fingerprint density at radius 2 is 2.08 bits per heavy atom. The Kier molecular flexibility index (Phi) is 6.06. The fourth-order valence-corrected chi connectivity index (χ4v) is 5.47. The maximum atomic E-state index is 14.8. The molecule has 12 heteroatoms. The minimum atomic E-state index is -3.45. The third-order valence-corrected chi connectivity index (χ3v) is 7.31. The van der Waals surface area contributed by atoms with Gasteiger partial charge in [0.1, 0.15) is 11.5 Å². The second-order valence-electron chi connectivity index (χ2n) is 9.24. The summed E-state index contributed by atoms with van der Waals surface area (Å²) in [7, 11) is -3.45. The predicted molar refractivity (Wildman–Crippen MR) is 131 cm³/mol. The maximum Gasteiger partial charge on any atom is 0.352 e. The SMILES string of the molecule is CC(c1noc(C2CNC(=O)C2)n1)c1cccc2c(-c3ccc(CS(C)(=O)=O)c(F)c3)c(C(=O)O)[nH]c12. The van der Waals surface area contributed by atoms with Crippen molar-refractivity contribution in [3.05, 3.63) is 70.8 Å². The van der Waals surface area contributed by atoms with Crippen molar-refractivity contribution in [3.8, 4) is 11.1 Å².